The molecule has 0 aliphatic heterocycles. The topological polar surface area (TPSA) is 47.6 Å². The van der Waals surface area contributed by atoms with E-state index in [-0.39, 0.29) is 5.91 Å². The summed E-state index contributed by atoms with van der Waals surface area (Å²) in [4.78, 5) is 12.4. The summed E-state index contributed by atoms with van der Waals surface area (Å²) in [6.45, 7) is 1.86. The summed E-state index contributed by atoms with van der Waals surface area (Å²) in [6.07, 6.45) is 0. The van der Waals surface area contributed by atoms with Crippen LogP contribution in [0.25, 0.3) is 0 Å². The molecule has 2 rings (SSSR count). The lowest BCUT2D eigenvalue weighted by molar-refractivity contribution is 0.102. The van der Waals surface area contributed by atoms with Crippen molar-refractivity contribution >= 4 is 27.5 Å². The summed E-state index contributed by atoms with van der Waals surface area (Å²) >= 11 is 3.41. The Hall–Kier alpha value is -2.01. The number of aryl methyl sites for hydroxylation is 1. The number of nitrogens with one attached hydrogen (secondary N) is 1. The predicted octanol–water partition coefficient (Wildman–Crippen LogP) is 4.03. The van der Waals surface area contributed by atoms with Gasteiger partial charge in [0.05, 0.1) is 19.9 Å². The third-order valence-corrected chi connectivity index (χ3v) is 3.79. The monoisotopic (exact) mass is 349 g/mol. The zero-order valence-corrected chi connectivity index (χ0v) is 13.7. The molecule has 2 aromatic rings. The Labute approximate surface area is 132 Å². The van der Waals surface area contributed by atoms with Crippen molar-refractivity contribution in [3.8, 4) is 11.5 Å². The van der Waals surface area contributed by atoms with Crippen LogP contribution in [0.2, 0.25) is 0 Å². The zero-order chi connectivity index (χ0) is 15.4. The highest BCUT2D eigenvalue weighted by Crippen LogP contribution is 2.31. The van der Waals surface area contributed by atoms with Gasteiger partial charge in [-0.3, -0.25) is 4.79 Å². The van der Waals surface area contributed by atoms with E-state index in [9.17, 15) is 4.79 Å². The average Bonchev–Trinajstić information content (AvgIpc) is 2.49. The Balaban J connectivity index is 2.33. The molecule has 1 amide bonds. The fourth-order valence-corrected chi connectivity index (χ4v) is 2.36. The predicted molar refractivity (Wildman–Crippen MR) is 86.4 cm³/mol. The maximum Gasteiger partial charge on any atom is 0.256 e. The highest BCUT2D eigenvalue weighted by molar-refractivity contribution is 9.10. The normalized spacial score (nSPS) is 10.1. The molecule has 5 heteroatoms. The Morgan fingerprint density at radius 3 is 2.33 bits per heavy atom. The van der Waals surface area contributed by atoms with Crippen LogP contribution in [0, 0.1) is 6.92 Å². The number of benzene rings is 2. The third kappa shape index (κ3) is 3.36. The molecule has 0 aliphatic rings. The molecule has 0 unspecified atom stereocenters. The maximum atomic E-state index is 12.4. The standard InChI is InChI=1S/C16H16BrNO3/c1-10-8-14(20-2)15(21-3)9-11(10)16(19)18-13-7-5-4-6-12(13)17/h4-9H,1-3H3,(H,18,19). The van der Waals surface area contributed by atoms with Crippen LogP contribution in [0.1, 0.15) is 15.9 Å². The van der Waals surface area contributed by atoms with Crippen molar-refractivity contribution < 1.29 is 14.3 Å². The Morgan fingerprint density at radius 2 is 1.71 bits per heavy atom. The molecule has 110 valence electrons. The van der Waals surface area contributed by atoms with Gasteiger partial charge in [0.15, 0.2) is 11.5 Å². The van der Waals surface area contributed by atoms with Gasteiger partial charge >= 0.3 is 0 Å². The van der Waals surface area contributed by atoms with Gasteiger partial charge in [0, 0.05) is 10.0 Å². The molecule has 0 fully saturated rings. The summed E-state index contributed by atoms with van der Waals surface area (Å²) in [5, 5.41) is 2.87. The molecule has 21 heavy (non-hydrogen) atoms. The van der Waals surface area contributed by atoms with Gasteiger partial charge < -0.3 is 14.8 Å². The third-order valence-electron chi connectivity index (χ3n) is 3.10. The van der Waals surface area contributed by atoms with E-state index in [1.54, 1.807) is 26.4 Å². The van der Waals surface area contributed by atoms with Crippen molar-refractivity contribution in [1.29, 1.82) is 0 Å². The van der Waals surface area contributed by atoms with Crippen molar-refractivity contribution in [2.24, 2.45) is 0 Å². The van der Waals surface area contributed by atoms with Gasteiger partial charge in [-0.25, -0.2) is 0 Å². The minimum Gasteiger partial charge on any atom is -0.493 e. The van der Waals surface area contributed by atoms with E-state index < -0.39 is 0 Å². The molecule has 1 N–H and O–H groups in total. The van der Waals surface area contributed by atoms with Crippen LogP contribution < -0.4 is 14.8 Å². The van der Waals surface area contributed by atoms with E-state index in [2.05, 4.69) is 21.2 Å². The number of carbonyl (C=O) groups excluding carboxylic acids is 1. The second-order valence-corrected chi connectivity index (χ2v) is 5.31. The highest BCUT2D eigenvalue weighted by atomic mass is 79.9. The number of para-hydroxylation sites is 1. The SMILES string of the molecule is COc1cc(C)c(C(=O)Nc2ccccc2Br)cc1OC. The molecule has 0 radical (unpaired) electrons. The largest absolute Gasteiger partial charge is 0.493 e. The van der Waals surface area contributed by atoms with Gasteiger partial charge in [-0.2, -0.15) is 0 Å². The maximum absolute atomic E-state index is 12.4. The lowest BCUT2D eigenvalue weighted by atomic mass is 10.1. The molecule has 0 aliphatic carbocycles. The smallest absolute Gasteiger partial charge is 0.256 e. The van der Waals surface area contributed by atoms with Crippen LogP contribution in [-0.4, -0.2) is 20.1 Å². The van der Waals surface area contributed by atoms with Crippen molar-refractivity contribution in [2.75, 3.05) is 19.5 Å². The summed E-state index contributed by atoms with van der Waals surface area (Å²) in [6, 6.07) is 10.9. The first kappa shape index (κ1) is 15.4. The van der Waals surface area contributed by atoms with E-state index >= 15 is 0 Å². The first-order valence-corrected chi connectivity index (χ1v) is 7.14. The molecule has 4 nitrogen and oxygen atoms in total. The number of halogens is 1. The molecule has 2 aromatic carbocycles. The molecule has 0 saturated carbocycles. The minimum absolute atomic E-state index is 0.194. The first-order chi connectivity index (χ1) is 10.1. The van der Waals surface area contributed by atoms with Gasteiger partial charge in [0.25, 0.3) is 5.91 Å². The van der Waals surface area contributed by atoms with Crippen molar-refractivity contribution in [2.45, 2.75) is 6.92 Å². The number of rotatable bonds is 4. The van der Waals surface area contributed by atoms with E-state index in [1.165, 1.54) is 0 Å². The molecule has 0 aromatic heterocycles. The first-order valence-electron chi connectivity index (χ1n) is 6.35. The summed E-state index contributed by atoms with van der Waals surface area (Å²) in [5.41, 5.74) is 2.08. The Morgan fingerprint density at radius 1 is 1.10 bits per heavy atom. The summed E-state index contributed by atoms with van der Waals surface area (Å²) in [5.74, 6) is 0.938. The number of anilines is 1. The van der Waals surface area contributed by atoms with E-state index in [0.29, 0.717) is 17.1 Å². The molecule has 0 heterocycles. The number of amides is 1. The van der Waals surface area contributed by atoms with Crippen LogP contribution in [-0.2, 0) is 0 Å². The van der Waals surface area contributed by atoms with Crippen molar-refractivity contribution in [3.63, 3.8) is 0 Å². The number of hydrogen-bond acceptors (Lipinski definition) is 3. The molecular formula is C16H16BrNO3. The van der Waals surface area contributed by atoms with Crippen LogP contribution >= 0.6 is 15.9 Å². The quantitative estimate of drug-likeness (QED) is 0.906. The van der Waals surface area contributed by atoms with Crippen LogP contribution in [0.5, 0.6) is 11.5 Å². The fourth-order valence-electron chi connectivity index (χ4n) is 1.98. The fraction of sp³-hybridized carbons (Fsp3) is 0.188. The zero-order valence-electron chi connectivity index (χ0n) is 12.1. The lowest BCUT2D eigenvalue weighted by Gasteiger charge is -2.13. The van der Waals surface area contributed by atoms with E-state index in [4.69, 9.17) is 9.47 Å². The highest BCUT2D eigenvalue weighted by Gasteiger charge is 2.15. The van der Waals surface area contributed by atoms with E-state index in [0.717, 1.165) is 15.7 Å². The van der Waals surface area contributed by atoms with Crippen LogP contribution in [0.15, 0.2) is 40.9 Å². The van der Waals surface area contributed by atoms with Crippen LogP contribution in [0.4, 0.5) is 5.69 Å². The van der Waals surface area contributed by atoms with Crippen LogP contribution in [0.3, 0.4) is 0 Å². The van der Waals surface area contributed by atoms with E-state index in [1.807, 2.05) is 31.2 Å². The lowest BCUT2D eigenvalue weighted by Crippen LogP contribution is -2.14. The van der Waals surface area contributed by atoms with Gasteiger partial charge in [0.2, 0.25) is 0 Å². The van der Waals surface area contributed by atoms with Gasteiger partial charge in [-0.05, 0) is 52.7 Å². The van der Waals surface area contributed by atoms with Crippen molar-refractivity contribution in [1.82, 2.24) is 0 Å². The molecule has 0 bridgehead atoms. The number of hydrogen-bond donors (Lipinski definition) is 1. The number of methoxy groups -OCH3 is 2. The number of carbonyl (C=O) groups is 1. The average molecular weight is 350 g/mol. The summed E-state index contributed by atoms with van der Waals surface area (Å²) < 4.78 is 11.3. The minimum atomic E-state index is -0.194. The second kappa shape index (κ2) is 6.63. The second-order valence-electron chi connectivity index (χ2n) is 4.46. The molecule has 0 atom stereocenters. The molecule has 0 spiro atoms. The van der Waals surface area contributed by atoms with Gasteiger partial charge in [-0.15, -0.1) is 0 Å². The Kier molecular flexibility index (Phi) is 4.85. The van der Waals surface area contributed by atoms with Gasteiger partial charge in [-0.1, -0.05) is 12.1 Å². The molecular weight excluding hydrogens is 334 g/mol. The Bertz CT molecular complexity index is 671. The molecule has 0 saturated heterocycles. The number of ether oxygens (including phenoxy) is 2. The van der Waals surface area contributed by atoms with Crippen molar-refractivity contribution in [3.05, 3.63) is 52.0 Å². The summed E-state index contributed by atoms with van der Waals surface area (Å²) in [7, 11) is 3.11. The van der Waals surface area contributed by atoms with Gasteiger partial charge in [0.1, 0.15) is 0 Å².